The van der Waals surface area contributed by atoms with E-state index in [0.29, 0.717) is 19.1 Å². The van der Waals surface area contributed by atoms with Crippen LogP contribution in [0.3, 0.4) is 0 Å². The van der Waals surface area contributed by atoms with Gasteiger partial charge in [0.1, 0.15) is 6.10 Å². The number of carbonyl (C=O) groups is 1. The van der Waals surface area contributed by atoms with E-state index in [1.54, 1.807) is 29.4 Å². The first-order valence-electron chi connectivity index (χ1n) is 6.46. The normalized spacial score (nSPS) is 16.1. The summed E-state index contributed by atoms with van der Waals surface area (Å²) in [6, 6.07) is 3.70. The van der Waals surface area contributed by atoms with Crippen LogP contribution in [0.15, 0.2) is 35.2 Å². The van der Waals surface area contributed by atoms with Crippen molar-refractivity contribution in [1.29, 1.82) is 0 Å². The lowest BCUT2D eigenvalue weighted by Crippen LogP contribution is -2.41. The number of amides is 1. The fourth-order valence-electron chi connectivity index (χ4n) is 2.15. The van der Waals surface area contributed by atoms with Gasteiger partial charge in [-0.15, -0.1) is 0 Å². The minimum absolute atomic E-state index is 0.0381. The number of piperidine rings is 1. The van der Waals surface area contributed by atoms with E-state index in [2.05, 4.69) is 15.1 Å². The van der Waals surface area contributed by atoms with Crippen LogP contribution in [0.2, 0.25) is 0 Å². The monoisotopic (exact) mass is 274 g/mol. The first-order chi connectivity index (χ1) is 9.83. The van der Waals surface area contributed by atoms with Gasteiger partial charge in [0.15, 0.2) is 0 Å². The van der Waals surface area contributed by atoms with Crippen molar-refractivity contribution in [2.75, 3.05) is 13.1 Å². The highest BCUT2D eigenvalue weighted by Gasteiger charge is 2.26. The Morgan fingerprint density at radius 3 is 2.65 bits per heavy atom. The minimum atomic E-state index is -0.128. The van der Waals surface area contributed by atoms with Gasteiger partial charge in [0.25, 0.3) is 5.91 Å². The molecule has 0 aliphatic carbocycles. The van der Waals surface area contributed by atoms with Gasteiger partial charge in [0.2, 0.25) is 5.76 Å². The molecule has 0 aromatic carbocycles. The SMILES string of the molecule is O=C(c1ccno1)N1CCC(Oc2ncccn2)CC1. The van der Waals surface area contributed by atoms with E-state index in [1.165, 1.54) is 6.20 Å². The Morgan fingerprint density at radius 1 is 1.25 bits per heavy atom. The number of likely N-dealkylation sites (tertiary alicyclic amines) is 1. The molecule has 0 saturated carbocycles. The summed E-state index contributed by atoms with van der Waals surface area (Å²) in [4.78, 5) is 21.9. The highest BCUT2D eigenvalue weighted by molar-refractivity contribution is 5.91. The van der Waals surface area contributed by atoms with Crippen molar-refractivity contribution in [3.05, 3.63) is 36.5 Å². The second-order valence-corrected chi connectivity index (χ2v) is 4.52. The molecule has 2 aromatic heterocycles. The summed E-state index contributed by atoms with van der Waals surface area (Å²) < 4.78 is 10.6. The van der Waals surface area contributed by atoms with Crippen LogP contribution in [0, 0.1) is 0 Å². The lowest BCUT2D eigenvalue weighted by molar-refractivity contribution is 0.0542. The van der Waals surface area contributed by atoms with Gasteiger partial charge < -0.3 is 14.2 Å². The Hall–Kier alpha value is -2.44. The quantitative estimate of drug-likeness (QED) is 0.835. The molecule has 3 heterocycles. The lowest BCUT2D eigenvalue weighted by atomic mass is 10.1. The highest BCUT2D eigenvalue weighted by Crippen LogP contribution is 2.17. The highest BCUT2D eigenvalue weighted by atomic mass is 16.5. The molecule has 1 saturated heterocycles. The van der Waals surface area contributed by atoms with Gasteiger partial charge in [-0.25, -0.2) is 9.97 Å². The maximum atomic E-state index is 12.1. The lowest BCUT2D eigenvalue weighted by Gasteiger charge is -2.30. The average Bonchev–Trinajstić information content (AvgIpc) is 3.03. The molecule has 7 heteroatoms. The number of rotatable bonds is 3. The summed E-state index contributed by atoms with van der Waals surface area (Å²) in [5.41, 5.74) is 0. The van der Waals surface area contributed by atoms with E-state index < -0.39 is 0 Å². The van der Waals surface area contributed by atoms with Crippen molar-refractivity contribution in [3.8, 4) is 6.01 Å². The molecule has 2 aromatic rings. The van der Waals surface area contributed by atoms with Crippen LogP contribution in [-0.2, 0) is 0 Å². The van der Waals surface area contributed by atoms with E-state index in [4.69, 9.17) is 9.26 Å². The Balaban J connectivity index is 1.53. The van der Waals surface area contributed by atoms with Crippen molar-refractivity contribution in [2.24, 2.45) is 0 Å². The summed E-state index contributed by atoms with van der Waals surface area (Å²) in [7, 11) is 0. The molecule has 104 valence electrons. The third-order valence-corrected chi connectivity index (χ3v) is 3.19. The van der Waals surface area contributed by atoms with Crippen LogP contribution in [0.1, 0.15) is 23.4 Å². The molecule has 20 heavy (non-hydrogen) atoms. The van der Waals surface area contributed by atoms with Crippen LogP contribution in [0.5, 0.6) is 6.01 Å². The number of hydrogen-bond donors (Lipinski definition) is 0. The molecule has 7 nitrogen and oxygen atoms in total. The molecular formula is C13H14N4O3. The number of carbonyl (C=O) groups excluding carboxylic acids is 1. The standard InChI is InChI=1S/C13H14N4O3/c18-12(11-2-7-16-20-11)17-8-3-10(4-9-17)19-13-14-5-1-6-15-13/h1-2,5-7,10H,3-4,8-9H2. The molecule has 1 amide bonds. The average molecular weight is 274 g/mol. The molecule has 1 aliphatic rings. The second-order valence-electron chi connectivity index (χ2n) is 4.52. The number of ether oxygens (including phenoxy) is 1. The zero-order valence-corrected chi connectivity index (χ0v) is 10.8. The Bertz CT molecular complexity index is 550. The van der Waals surface area contributed by atoms with Crippen molar-refractivity contribution < 1.29 is 14.1 Å². The van der Waals surface area contributed by atoms with Crippen LogP contribution in [0.4, 0.5) is 0 Å². The third kappa shape index (κ3) is 2.76. The Kier molecular flexibility index (Phi) is 3.58. The third-order valence-electron chi connectivity index (χ3n) is 3.19. The molecule has 1 fully saturated rings. The van der Waals surface area contributed by atoms with Gasteiger partial charge in [-0.2, -0.15) is 0 Å². The number of nitrogens with zero attached hydrogens (tertiary/aromatic N) is 4. The second kappa shape index (κ2) is 5.68. The number of hydrogen-bond acceptors (Lipinski definition) is 6. The Labute approximate surface area is 115 Å². The van der Waals surface area contributed by atoms with Crippen LogP contribution in [0.25, 0.3) is 0 Å². The van der Waals surface area contributed by atoms with Crippen LogP contribution < -0.4 is 4.74 Å². The summed E-state index contributed by atoms with van der Waals surface area (Å²) in [6.07, 6.45) is 6.29. The first-order valence-corrected chi connectivity index (χ1v) is 6.46. The summed E-state index contributed by atoms with van der Waals surface area (Å²) >= 11 is 0. The maximum absolute atomic E-state index is 12.1. The maximum Gasteiger partial charge on any atom is 0.316 e. The van der Waals surface area contributed by atoms with E-state index in [0.717, 1.165) is 12.8 Å². The fourth-order valence-corrected chi connectivity index (χ4v) is 2.15. The van der Waals surface area contributed by atoms with E-state index in [-0.39, 0.29) is 17.8 Å². The zero-order chi connectivity index (χ0) is 13.8. The minimum Gasteiger partial charge on any atom is -0.460 e. The van der Waals surface area contributed by atoms with Crippen molar-refractivity contribution in [3.63, 3.8) is 0 Å². The molecule has 0 unspecified atom stereocenters. The molecule has 3 rings (SSSR count). The van der Waals surface area contributed by atoms with Gasteiger partial charge in [0.05, 0.1) is 6.20 Å². The fraction of sp³-hybridized carbons (Fsp3) is 0.385. The van der Waals surface area contributed by atoms with Gasteiger partial charge in [-0.3, -0.25) is 4.79 Å². The predicted octanol–water partition coefficient (Wildman–Crippen LogP) is 1.15. The van der Waals surface area contributed by atoms with Gasteiger partial charge in [-0.1, -0.05) is 5.16 Å². The van der Waals surface area contributed by atoms with Crippen molar-refractivity contribution >= 4 is 5.91 Å². The molecule has 0 radical (unpaired) electrons. The first kappa shape index (κ1) is 12.6. The summed E-state index contributed by atoms with van der Waals surface area (Å²) in [5.74, 6) is 0.146. The molecule has 0 N–H and O–H groups in total. The van der Waals surface area contributed by atoms with E-state index in [1.807, 2.05) is 0 Å². The Morgan fingerprint density at radius 2 is 2.00 bits per heavy atom. The van der Waals surface area contributed by atoms with Gasteiger partial charge in [0, 0.05) is 44.4 Å². The van der Waals surface area contributed by atoms with E-state index >= 15 is 0 Å². The van der Waals surface area contributed by atoms with E-state index in [9.17, 15) is 4.79 Å². The summed E-state index contributed by atoms with van der Waals surface area (Å²) in [6.45, 7) is 1.24. The molecule has 1 aliphatic heterocycles. The van der Waals surface area contributed by atoms with Crippen molar-refractivity contribution in [2.45, 2.75) is 18.9 Å². The molecule has 0 bridgehead atoms. The largest absolute Gasteiger partial charge is 0.460 e. The van der Waals surface area contributed by atoms with Crippen LogP contribution >= 0.6 is 0 Å². The smallest absolute Gasteiger partial charge is 0.316 e. The number of aromatic nitrogens is 3. The molecule has 0 atom stereocenters. The predicted molar refractivity (Wildman–Crippen MR) is 68.1 cm³/mol. The topological polar surface area (TPSA) is 81.4 Å². The van der Waals surface area contributed by atoms with Gasteiger partial charge >= 0.3 is 6.01 Å². The van der Waals surface area contributed by atoms with Crippen molar-refractivity contribution in [1.82, 2.24) is 20.0 Å². The molecular weight excluding hydrogens is 260 g/mol. The molecule has 0 spiro atoms. The summed E-state index contributed by atoms with van der Waals surface area (Å²) in [5, 5.41) is 3.55. The zero-order valence-electron chi connectivity index (χ0n) is 10.8. The van der Waals surface area contributed by atoms with Gasteiger partial charge in [-0.05, 0) is 6.07 Å². The van der Waals surface area contributed by atoms with Crippen LogP contribution in [-0.4, -0.2) is 45.1 Å².